The first-order valence-corrected chi connectivity index (χ1v) is 4.80. The topological polar surface area (TPSA) is 48.1 Å². The van der Waals surface area contributed by atoms with Crippen LogP contribution in [-0.2, 0) is 0 Å². The summed E-state index contributed by atoms with van der Waals surface area (Å²) in [7, 11) is 0. The minimum absolute atomic E-state index is 0.282. The molecule has 0 atom stereocenters. The fourth-order valence-corrected chi connectivity index (χ4v) is 1.35. The molecular weight excluding hydrogens is 207 g/mol. The third-order valence-electron chi connectivity index (χ3n) is 2.10. The number of rotatable bonds is 2. The van der Waals surface area contributed by atoms with Gasteiger partial charge in [0.25, 0.3) is 0 Å². The molecule has 0 saturated carbocycles. The van der Waals surface area contributed by atoms with Crippen LogP contribution in [0.1, 0.15) is 5.56 Å². The standard InChI is InChI=1S/C12H11FN2O/c1-8-4-9(13)2-3-12(8)16-11-5-10(14)6-15-7-11/h2-7H,14H2,1H3. The number of benzene rings is 1. The molecule has 1 aromatic heterocycles. The summed E-state index contributed by atoms with van der Waals surface area (Å²) in [6.07, 6.45) is 3.09. The van der Waals surface area contributed by atoms with Crippen molar-refractivity contribution in [2.24, 2.45) is 0 Å². The van der Waals surface area contributed by atoms with Crippen molar-refractivity contribution in [3.05, 3.63) is 48.0 Å². The predicted octanol–water partition coefficient (Wildman–Crippen LogP) is 2.90. The Morgan fingerprint density at radius 3 is 2.75 bits per heavy atom. The van der Waals surface area contributed by atoms with Crippen LogP contribution in [0.2, 0.25) is 0 Å². The Morgan fingerprint density at radius 2 is 2.06 bits per heavy atom. The fourth-order valence-electron chi connectivity index (χ4n) is 1.35. The van der Waals surface area contributed by atoms with Gasteiger partial charge in [-0.2, -0.15) is 0 Å². The average Bonchev–Trinajstić information content (AvgIpc) is 2.22. The van der Waals surface area contributed by atoms with Gasteiger partial charge in [0.05, 0.1) is 18.1 Å². The van der Waals surface area contributed by atoms with Crippen molar-refractivity contribution in [1.82, 2.24) is 4.98 Å². The summed E-state index contributed by atoms with van der Waals surface area (Å²) in [6, 6.07) is 6.00. The maximum atomic E-state index is 12.9. The maximum absolute atomic E-state index is 12.9. The third kappa shape index (κ3) is 2.28. The van der Waals surface area contributed by atoms with Gasteiger partial charge in [0, 0.05) is 6.07 Å². The molecule has 0 unspecified atom stereocenters. The molecule has 0 fully saturated rings. The molecular formula is C12H11FN2O. The molecule has 2 N–H and O–H groups in total. The first-order chi connectivity index (χ1) is 7.65. The lowest BCUT2D eigenvalue weighted by Crippen LogP contribution is -1.91. The maximum Gasteiger partial charge on any atom is 0.147 e. The molecule has 0 saturated heterocycles. The first-order valence-electron chi connectivity index (χ1n) is 4.80. The van der Waals surface area contributed by atoms with Gasteiger partial charge in [-0.3, -0.25) is 4.98 Å². The van der Waals surface area contributed by atoms with E-state index in [1.165, 1.54) is 18.3 Å². The van der Waals surface area contributed by atoms with Crippen LogP contribution in [0.5, 0.6) is 11.5 Å². The van der Waals surface area contributed by atoms with Gasteiger partial charge in [0.1, 0.15) is 17.3 Å². The molecule has 16 heavy (non-hydrogen) atoms. The number of hydrogen-bond acceptors (Lipinski definition) is 3. The second-order valence-corrected chi connectivity index (χ2v) is 3.47. The van der Waals surface area contributed by atoms with E-state index in [-0.39, 0.29) is 5.82 Å². The number of nitrogen functional groups attached to an aromatic ring is 1. The van der Waals surface area contributed by atoms with E-state index in [0.717, 1.165) is 5.56 Å². The lowest BCUT2D eigenvalue weighted by molar-refractivity contribution is 0.474. The highest BCUT2D eigenvalue weighted by Crippen LogP contribution is 2.25. The highest BCUT2D eigenvalue weighted by atomic mass is 19.1. The fraction of sp³-hybridized carbons (Fsp3) is 0.0833. The van der Waals surface area contributed by atoms with Crippen LogP contribution in [0, 0.1) is 12.7 Å². The van der Waals surface area contributed by atoms with Crippen molar-refractivity contribution in [2.75, 3.05) is 5.73 Å². The van der Waals surface area contributed by atoms with E-state index >= 15 is 0 Å². The summed E-state index contributed by atoms with van der Waals surface area (Å²) in [4.78, 5) is 3.90. The highest BCUT2D eigenvalue weighted by Gasteiger charge is 2.03. The minimum Gasteiger partial charge on any atom is -0.455 e. The summed E-state index contributed by atoms with van der Waals surface area (Å²) in [5.74, 6) is 0.846. The number of halogens is 1. The monoisotopic (exact) mass is 218 g/mol. The number of pyridine rings is 1. The average molecular weight is 218 g/mol. The normalized spacial score (nSPS) is 10.1. The summed E-state index contributed by atoms with van der Waals surface area (Å²) in [5, 5.41) is 0. The third-order valence-corrected chi connectivity index (χ3v) is 2.10. The van der Waals surface area contributed by atoms with Crippen LogP contribution >= 0.6 is 0 Å². The van der Waals surface area contributed by atoms with E-state index in [1.807, 2.05) is 0 Å². The van der Waals surface area contributed by atoms with Gasteiger partial charge in [-0.1, -0.05) is 0 Å². The smallest absolute Gasteiger partial charge is 0.147 e. The number of ether oxygens (including phenoxy) is 1. The number of anilines is 1. The van der Waals surface area contributed by atoms with E-state index in [2.05, 4.69) is 4.98 Å². The SMILES string of the molecule is Cc1cc(F)ccc1Oc1cncc(N)c1. The Hall–Kier alpha value is -2.10. The van der Waals surface area contributed by atoms with E-state index in [1.54, 1.807) is 25.3 Å². The number of hydrogen-bond donors (Lipinski definition) is 1. The molecule has 0 bridgehead atoms. The van der Waals surface area contributed by atoms with Gasteiger partial charge >= 0.3 is 0 Å². The Labute approximate surface area is 92.7 Å². The Balaban J connectivity index is 2.27. The van der Waals surface area contributed by atoms with Gasteiger partial charge in [-0.25, -0.2) is 4.39 Å². The molecule has 82 valence electrons. The summed E-state index contributed by atoms with van der Waals surface area (Å²) in [6.45, 7) is 1.78. The van der Waals surface area contributed by atoms with Crippen LogP contribution in [0.3, 0.4) is 0 Å². The van der Waals surface area contributed by atoms with Gasteiger partial charge in [0.2, 0.25) is 0 Å². The van der Waals surface area contributed by atoms with Crippen molar-refractivity contribution in [3.8, 4) is 11.5 Å². The van der Waals surface area contributed by atoms with Crippen LogP contribution in [0.15, 0.2) is 36.7 Å². The van der Waals surface area contributed by atoms with Crippen LogP contribution in [-0.4, -0.2) is 4.98 Å². The lowest BCUT2D eigenvalue weighted by Gasteiger charge is -2.08. The van der Waals surface area contributed by atoms with E-state index < -0.39 is 0 Å². The van der Waals surface area contributed by atoms with Gasteiger partial charge in [-0.15, -0.1) is 0 Å². The van der Waals surface area contributed by atoms with Gasteiger partial charge in [0.15, 0.2) is 0 Å². The van der Waals surface area contributed by atoms with Crippen molar-refractivity contribution in [1.29, 1.82) is 0 Å². The summed E-state index contributed by atoms with van der Waals surface area (Å²) in [5.41, 5.74) is 6.82. The molecule has 2 rings (SSSR count). The molecule has 0 aliphatic heterocycles. The summed E-state index contributed by atoms with van der Waals surface area (Å²) < 4.78 is 18.4. The molecule has 3 nitrogen and oxygen atoms in total. The molecule has 4 heteroatoms. The Kier molecular flexibility index (Phi) is 2.72. The zero-order valence-corrected chi connectivity index (χ0v) is 8.77. The first kappa shape index (κ1) is 10.4. The predicted molar refractivity (Wildman–Crippen MR) is 59.9 cm³/mol. The molecule has 0 spiro atoms. The zero-order chi connectivity index (χ0) is 11.5. The van der Waals surface area contributed by atoms with Crippen molar-refractivity contribution >= 4 is 5.69 Å². The second kappa shape index (κ2) is 4.18. The molecule has 0 aliphatic carbocycles. The summed E-state index contributed by atoms with van der Waals surface area (Å²) >= 11 is 0. The van der Waals surface area contributed by atoms with Crippen molar-refractivity contribution in [3.63, 3.8) is 0 Å². The largest absolute Gasteiger partial charge is 0.455 e. The lowest BCUT2D eigenvalue weighted by atomic mass is 10.2. The number of nitrogens with two attached hydrogens (primary N) is 1. The molecule has 1 aromatic carbocycles. The quantitative estimate of drug-likeness (QED) is 0.843. The van der Waals surface area contributed by atoms with Crippen LogP contribution in [0.25, 0.3) is 0 Å². The van der Waals surface area contributed by atoms with E-state index in [9.17, 15) is 4.39 Å². The second-order valence-electron chi connectivity index (χ2n) is 3.47. The van der Waals surface area contributed by atoms with Gasteiger partial charge < -0.3 is 10.5 Å². The molecule has 0 amide bonds. The van der Waals surface area contributed by atoms with E-state index in [4.69, 9.17) is 10.5 Å². The molecule has 0 radical (unpaired) electrons. The number of aryl methyl sites for hydroxylation is 1. The van der Waals surface area contributed by atoms with Crippen LogP contribution < -0.4 is 10.5 Å². The number of nitrogens with zero attached hydrogens (tertiary/aromatic N) is 1. The van der Waals surface area contributed by atoms with Crippen molar-refractivity contribution in [2.45, 2.75) is 6.92 Å². The van der Waals surface area contributed by atoms with E-state index in [0.29, 0.717) is 17.2 Å². The van der Waals surface area contributed by atoms with Crippen LogP contribution in [0.4, 0.5) is 10.1 Å². The Bertz CT molecular complexity index is 514. The van der Waals surface area contributed by atoms with Crippen molar-refractivity contribution < 1.29 is 9.13 Å². The molecule has 2 aromatic rings. The Morgan fingerprint density at radius 1 is 1.25 bits per heavy atom. The molecule has 0 aliphatic rings. The zero-order valence-electron chi connectivity index (χ0n) is 8.77. The van der Waals surface area contributed by atoms with Gasteiger partial charge in [-0.05, 0) is 30.7 Å². The number of aromatic nitrogens is 1. The highest BCUT2D eigenvalue weighted by molar-refractivity contribution is 5.43. The minimum atomic E-state index is -0.282. The molecule has 1 heterocycles.